The lowest BCUT2D eigenvalue weighted by Crippen LogP contribution is -2.46. The van der Waals surface area contributed by atoms with Gasteiger partial charge in [0.15, 0.2) is 0 Å². The van der Waals surface area contributed by atoms with Gasteiger partial charge < -0.3 is 10.2 Å². The molecule has 0 spiro atoms. The number of amides is 1. The predicted molar refractivity (Wildman–Crippen MR) is 114 cm³/mol. The van der Waals surface area contributed by atoms with E-state index in [0.717, 1.165) is 60.0 Å². The second kappa shape index (κ2) is 10.9. The van der Waals surface area contributed by atoms with Crippen molar-refractivity contribution in [1.29, 1.82) is 0 Å². The smallest absolute Gasteiger partial charge is 0.266 e. The highest BCUT2D eigenvalue weighted by Gasteiger charge is 2.28. The van der Waals surface area contributed by atoms with Crippen molar-refractivity contribution < 1.29 is 4.79 Å². The van der Waals surface area contributed by atoms with Gasteiger partial charge in [0, 0.05) is 18.2 Å². The van der Waals surface area contributed by atoms with Crippen molar-refractivity contribution >= 4 is 42.1 Å². The first kappa shape index (κ1) is 22.9. The molecule has 0 unspecified atom stereocenters. The first-order chi connectivity index (χ1) is 11.7. The van der Waals surface area contributed by atoms with Crippen molar-refractivity contribution in [3.63, 3.8) is 0 Å². The van der Waals surface area contributed by atoms with Crippen LogP contribution in [0, 0.1) is 6.92 Å². The number of hydrogen-bond donors (Lipinski definition) is 1. The maximum atomic E-state index is 13.2. The molecule has 0 radical (unpaired) electrons. The lowest BCUT2D eigenvalue weighted by atomic mass is 10.0. The van der Waals surface area contributed by atoms with E-state index in [1.807, 2.05) is 37.3 Å². The Bertz CT molecular complexity index is 687. The summed E-state index contributed by atoms with van der Waals surface area (Å²) in [5.74, 6) is 0.154. The van der Waals surface area contributed by atoms with Crippen LogP contribution in [0.15, 0.2) is 30.3 Å². The number of aromatic nitrogens is 1. The summed E-state index contributed by atoms with van der Waals surface area (Å²) in [5.41, 5.74) is 1.92. The van der Waals surface area contributed by atoms with Crippen LogP contribution in [0.1, 0.15) is 41.6 Å². The maximum absolute atomic E-state index is 13.2. The third kappa shape index (κ3) is 5.19. The van der Waals surface area contributed by atoms with Gasteiger partial charge in [0.05, 0.1) is 5.69 Å². The maximum Gasteiger partial charge on any atom is 0.266 e. The number of thiazole rings is 1. The molecule has 2 heterocycles. The average molecular weight is 416 g/mol. The zero-order chi connectivity index (χ0) is 16.9. The number of piperidine rings is 1. The van der Waals surface area contributed by atoms with Gasteiger partial charge in [-0.2, -0.15) is 0 Å². The third-order valence-electron chi connectivity index (χ3n) is 4.49. The van der Waals surface area contributed by atoms with Crippen LogP contribution in [0.5, 0.6) is 0 Å². The second-order valence-corrected chi connectivity index (χ2v) is 7.28. The standard InChI is InChI=1S/C19H25N3OS.2ClH/c1-3-13-22(16-9-11-20-12-10-16)19(23)17-14(2)21-18(24-17)15-7-5-4-6-8-15;;/h4-8,16,20H,3,9-13H2,1-2H3;2*1H. The third-order valence-corrected chi connectivity index (χ3v) is 5.68. The van der Waals surface area contributed by atoms with Gasteiger partial charge in [-0.1, -0.05) is 37.3 Å². The molecule has 3 rings (SSSR count). The molecule has 7 heteroatoms. The highest BCUT2D eigenvalue weighted by Crippen LogP contribution is 2.29. The van der Waals surface area contributed by atoms with E-state index in [0.29, 0.717) is 6.04 Å². The molecule has 0 bridgehead atoms. The number of carbonyl (C=O) groups is 1. The Morgan fingerprint density at radius 2 is 1.88 bits per heavy atom. The number of aryl methyl sites for hydroxylation is 1. The molecule has 0 atom stereocenters. The molecule has 2 aromatic rings. The van der Waals surface area contributed by atoms with Crippen LogP contribution < -0.4 is 5.32 Å². The normalized spacial score (nSPS) is 14.2. The molecular weight excluding hydrogens is 389 g/mol. The summed E-state index contributed by atoms with van der Waals surface area (Å²) in [4.78, 5) is 20.7. The van der Waals surface area contributed by atoms with Crippen molar-refractivity contribution in [2.45, 2.75) is 39.2 Å². The Morgan fingerprint density at radius 3 is 2.50 bits per heavy atom. The lowest BCUT2D eigenvalue weighted by molar-refractivity contribution is 0.0646. The molecule has 1 N–H and O–H groups in total. The zero-order valence-corrected chi connectivity index (χ0v) is 17.7. The Labute approximate surface area is 172 Å². The average Bonchev–Trinajstić information content (AvgIpc) is 3.02. The summed E-state index contributed by atoms with van der Waals surface area (Å²) < 4.78 is 0. The van der Waals surface area contributed by atoms with Crippen LogP contribution in [-0.4, -0.2) is 41.5 Å². The Hall–Kier alpha value is -1.14. The van der Waals surface area contributed by atoms with Crippen LogP contribution in [0.25, 0.3) is 10.6 Å². The van der Waals surface area contributed by atoms with E-state index in [1.165, 1.54) is 11.3 Å². The highest BCUT2D eigenvalue weighted by molar-refractivity contribution is 7.17. The molecule has 1 saturated heterocycles. The Balaban J connectivity index is 0.00000169. The summed E-state index contributed by atoms with van der Waals surface area (Å²) in [7, 11) is 0. The minimum absolute atomic E-state index is 0. The largest absolute Gasteiger partial charge is 0.335 e. The number of nitrogens with zero attached hydrogens (tertiary/aromatic N) is 2. The number of halogens is 2. The van der Waals surface area contributed by atoms with Gasteiger partial charge in [-0.05, 0) is 39.3 Å². The summed E-state index contributed by atoms with van der Waals surface area (Å²) in [6, 6.07) is 10.4. The van der Waals surface area contributed by atoms with Gasteiger partial charge in [0.2, 0.25) is 0 Å². The zero-order valence-electron chi connectivity index (χ0n) is 15.2. The number of nitrogens with one attached hydrogen (secondary N) is 1. The van der Waals surface area contributed by atoms with E-state index in [-0.39, 0.29) is 30.7 Å². The van der Waals surface area contributed by atoms with Crippen molar-refractivity contribution in [2.75, 3.05) is 19.6 Å². The first-order valence-electron chi connectivity index (χ1n) is 8.75. The van der Waals surface area contributed by atoms with E-state index in [4.69, 9.17) is 0 Å². The van der Waals surface area contributed by atoms with E-state index in [2.05, 4.69) is 22.1 Å². The molecule has 1 aromatic heterocycles. The molecule has 4 nitrogen and oxygen atoms in total. The number of benzene rings is 1. The van der Waals surface area contributed by atoms with Gasteiger partial charge in [0.1, 0.15) is 9.88 Å². The fourth-order valence-electron chi connectivity index (χ4n) is 3.24. The van der Waals surface area contributed by atoms with Gasteiger partial charge in [0.25, 0.3) is 5.91 Å². The summed E-state index contributed by atoms with van der Waals surface area (Å²) >= 11 is 1.52. The van der Waals surface area contributed by atoms with Crippen LogP contribution in [0.2, 0.25) is 0 Å². The topological polar surface area (TPSA) is 45.2 Å². The Kier molecular flexibility index (Phi) is 9.58. The first-order valence-corrected chi connectivity index (χ1v) is 9.57. The minimum atomic E-state index is 0. The fourth-order valence-corrected chi connectivity index (χ4v) is 4.27. The molecule has 144 valence electrons. The number of rotatable bonds is 5. The van der Waals surface area contributed by atoms with Gasteiger partial charge in [-0.25, -0.2) is 4.98 Å². The molecule has 0 aliphatic carbocycles. The van der Waals surface area contributed by atoms with E-state index in [9.17, 15) is 4.79 Å². The quantitative estimate of drug-likeness (QED) is 0.777. The Morgan fingerprint density at radius 1 is 1.23 bits per heavy atom. The van der Waals surface area contributed by atoms with Gasteiger partial charge >= 0.3 is 0 Å². The molecule has 0 saturated carbocycles. The van der Waals surface area contributed by atoms with Crippen molar-refractivity contribution in [3.8, 4) is 10.6 Å². The molecule has 26 heavy (non-hydrogen) atoms. The predicted octanol–water partition coefficient (Wildman–Crippen LogP) is 4.57. The monoisotopic (exact) mass is 415 g/mol. The van der Waals surface area contributed by atoms with Crippen LogP contribution in [0.3, 0.4) is 0 Å². The lowest BCUT2D eigenvalue weighted by Gasteiger charge is -2.34. The van der Waals surface area contributed by atoms with E-state index < -0.39 is 0 Å². The molecule has 1 aromatic carbocycles. The summed E-state index contributed by atoms with van der Waals surface area (Å²) in [6.45, 7) is 6.89. The van der Waals surface area contributed by atoms with Crippen LogP contribution in [-0.2, 0) is 0 Å². The number of carbonyl (C=O) groups excluding carboxylic acids is 1. The van der Waals surface area contributed by atoms with Crippen LogP contribution >= 0.6 is 36.2 Å². The highest BCUT2D eigenvalue weighted by atomic mass is 35.5. The minimum Gasteiger partial charge on any atom is -0.335 e. The summed E-state index contributed by atoms with van der Waals surface area (Å²) in [5, 5.41) is 4.31. The number of hydrogen-bond acceptors (Lipinski definition) is 4. The van der Waals surface area contributed by atoms with Crippen LogP contribution in [0.4, 0.5) is 0 Å². The molecular formula is C19H27Cl2N3OS. The molecule has 1 fully saturated rings. The summed E-state index contributed by atoms with van der Waals surface area (Å²) in [6.07, 6.45) is 3.06. The van der Waals surface area contributed by atoms with E-state index >= 15 is 0 Å². The van der Waals surface area contributed by atoms with Crippen molar-refractivity contribution in [3.05, 3.63) is 40.9 Å². The molecule has 1 amide bonds. The van der Waals surface area contributed by atoms with Crippen molar-refractivity contribution in [2.24, 2.45) is 0 Å². The van der Waals surface area contributed by atoms with Crippen molar-refractivity contribution in [1.82, 2.24) is 15.2 Å². The van der Waals surface area contributed by atoms with E-state index in [1.54, 1.807) is 0 Å². The van der Waals surface area contributed by atoms with Gasteiger partial charge in [-0.15, -0.1) is 36.2 Å². The second-order valence-electron chi connectivity index (χ2n) is 6.28. The fraction of sp³-hybridized carbons (Fsp3) is 0.474. The molecule has 1 aliphatic heterocycles. The SMILES string of the molecule is CCCN(C(=O)c1sc(-c2ccccc2)nc1C)C1CCNCC1.Cl.Cl. The molecule has 1 aliphatic rings. The van der Waals surface area contributed by atoms with Gasteiger partial charge in [-0.3, -0.25) is 4.79 Å².